The van der Waals surface area contributed by atoms with E-state index in [0.29, 0.717) is 31.0 Å². The first-order chi connectivity index (χ1) is 8.77. The molecule has 1 fully saturated rings. The molecular formula is C12H14N3O3+. The highest BCUT2D eigenvalue weighted by atomic mass is 16.5. The average Bonchev–Trinajstić information content (AvgIpc) is 2.66. The number of nitrogens with zero attached hydrogens (tertiary/aromatic N) is 2. The number of carbonyl (C=O) groups is 2. The summed E-state index contributed by atoms with van der Waals surface area (Å²) in [5.41, 5.74) is 0.873. The molecule has 94 valence electrons. The second-order valence-electron chi connectivity index (χ2n) is 4.48. The Morgan fingerprint density at radius 2 is 1.94 bits per heavy atom. The minimum absolute atomic E-state index is 0.212. The van der Waals surface area contributed by atoms with E-state index in [-0.39, 0.29) is 11.8 Å². The Morgan fingerprint density at radius 1 is 1.22 bits per heavy atom. The molecule has 1 aromatic rings. The third-order valence-electron chi connectivity index (χ3n) is 3.35. The van der Waals surface area contributed by atoms with E-state index in [9.17, 15) is 9.59 Å². The number of aromatic nitrogens is 1. The third-order valence-corrected chi connectivity index (χ3v) is 3.35. The van der Waals surface area contributed by atoms with Crippen LogP contribution < -0.4 is 4.90 Å². The van der Waals surface area contributed by atoms with Gasteiger partial charge in [0, 0.05) is 12.4 Å². The quantitative estimate of drug-likeness (QED) is 0.650. The molecule has 2 aliphatic rings. The van der Waals surface area contributed by atoms with Crippen molar-refractivity contribution in [1.29, 1.82) is 0 Å². The summed E-state index contributed by atoms with van der Waals surface area (Å²) in [6.45, 7) is 3.42. The number of carbonyl (C=O) groups excluding carboxylic acids is 2. The van der Waals surface area contributed by atoms with Crippen LogP contribution in [0.15, 0.2) is 18.5 Å². The van der Waals surface area contributed by atoms with Crippen molar-refractivity contribution >= 4 is 11.8 Å². The maximum Gasteiger partial charge on any atom is 0.267 e. The summed E-state index contributed by atoms with van der Waals surface area (Å²) in [6, 6.07) is 1.60. The van der Waals surface area contributed by atoms with Crippen LogP contribution in [0, 0.1) is 0 Å². The lowest BCUT2D eigenvalue weighted by Crippen LogP contribution is -3.15. The number of hydrogen-bond acceptors (Lipinski definition) is 4. The van der Waals surface area contributed by atoms with E-state index >= 15 is 0 Å². The van der Waals surface area contributed by atoms with Gasteiger partial charge in [0.05, 0.1) is 24.3 Å². The van der Waals surface area contributed by atoms with Crippen LogP contribution in [-0.4, -0.2) is 54.7 Å². The number of ether oxygens (including phenoxy) is 1. The van der Waals surface area contributed by atoms with Gasteiger partial charge >= 0.3 is 0 Å². The van der Waals surface area contributed by atoms with E-state index in [1.54, 1.807) is 6.07 Å². The van der Waals surface area contributed by atoms with Crippen LogP contribution >= 0.6 is 0 Å². The van der Waals surface area contributed by atoms with Crippen molar-refractivity contribution < 1.29 is 19.2 Å². The molecule has 6 nitrogen and oxygen atoms in total. The molecule has 3 heterocycles. The van der Waals surface area contributed by atoms with Gasteiger partial charge in [-0.3, -0.25) is 14.6 Å². The van der Waals surface area contributed by atoms with E-state index in [1.807, 2.05) is 0 Å². The van der Waals surface area contributed by atoms with Gasteiger partial charge in [0.25, 0.3) is 11.8 Å². The highest BCUT2D eigenvalue weighted by Crippen LogP contribution is 2.20. The molecule has 0 aliphatic carbocycles. The van der Waals surface area contributed by atoms with Crippen LogP contribution in [0.3, 0.4) is 0 Å². The Bertz CT molecular complexity index is 462. The summed E-state index contributed by atoms with van der Waals surface area (Å²) in [5, 5.41) is 0. The van der Waals surface area contributed by atoms with E-state index < -0.39 is 0 Å². The molecule has 2 aliphatic heterocycles. The van der Waals surface area contributed by atoms with Crippen molar-refractivity contribution in [3.63, 3.8) is 0 Å². The SMILES string of the molecule is O=C1c2ccncc2C(=O)N1C[NH+]1CCOCC1. The van der Waals surface area contributed by atoms with Crippen molar-refractivity contribution in [2.24, 2.45) is 0 Å². The van der Waals surface area contributed by atoms with Gasteiger partial charge < -0.3 is 9.64 Å². The summed E-state index contributed by atoms with van der Waals surface area (Å²) in [4.78, 5) is 30.6. The van der Waals surface area contributed by atoms with Crippen molar-refractivity contribution in [3.8, 4) is 0 Å². The highest BCUT2D eigenvalue weighted by molar-refractivity contribution is 6.21. The van der Waals surface area contributed by atoms with Gasteiger partial charge in [0.1, 0.15) is 13.1 Å². The van der Waals surface area contributed by atoms with Crippen LogP contribution in [-0.2, 0) is 4.74 Å². The molecule has 3 rings (SSSR count). The largest absolute Gasteiger partial charge is 0.370 e. The Kier molecular flexibility index (Phi) is 2.81. The van der Waals surface area contributed by atoms with Crippen molar-refractivity contribution in [1.82, 2.24) is 9.88 Å². The molecule has 0 saturated carbocycles. The fourth-order valence-electron chi connectivity index (χ4n) is 2.32. The van der Waals surface area contributed by atoms with Crippen LogP contribution in [0.4, 0.5) is 0 Å². The highest BCUT2D eigenvalue weighted by Gasteiger charge is 2.38. The Hall–Kier alpha value is -1.79. The first kappa shape index (κ1) is 11.3. The molecule has 0 atom stereocenters. The van der Waals surface area contributed by atoms with Crippen LogP contribution in [0.5, 0.6) is 0 Å². The Balaban J connectivity index is 1.79. The van der Waals surface area contributed by atoms with Crippen LogP contribution in [0.25, 0.3) is 0 Å². The normalized spacial score (nSPS) is 20.3. The van der Waals surface area contributed by atoms with Gasteiger partial charge in [-0.05, 0) is 6.07 Å². The molecule has 0 bridgehead atoms. The average molecular weight is 248 g/mol. The topological polar surface area (TPSA) is 63.9 Å². The lowest BCUT2D eigenvalue weighted by atomic mass is 10.2. The molecule has 6 heteroatoms. The first-order valence-corrected chi connectivity index (χ1v) is 5.99. The van der Waals surface area contributed by atoms with E-state index in [2.05, 4.69) is 4.98 Å². The summed E-state index contributed by atoms with van der Waals surface area (Å²) in [6.07, 6.45) is 3.00. The number of nitrogens with one attached hydrogen (secondary N) is 1. The summed E-state index contributed by atoms with van der Waals surface area (Å²) in [5.74, 6) is -0.446. The summed E-state index contributed by atoms with van der Waals surface area (Å²) >= 11 is 0. The zero-order valence-corrected chi connectivity index (χ0v) is 9.89. The molecule has 18 heavy (non-hydrogen) atoms. The van der Waals surface area contributed by atoms with Crippen LogP contribution in [0.2, 0.25) is 0 Å². The molecule has 0 radical (unpaired) electrons. The van der Waals surface area contributed by atoms with E-state index in [0.717, 1.165) is 13.1 Å². The van der Waals surface area contributed by atoms with Gasteiger partial charge in [0.15, 0.2) is 6.67 Å². The lowest BCUT2D eigenvalue weighted by Gasteiger charge is -2.26. The monoisotopic (exact) mass is 248 g/mol. The zero-order valence-electron chi connectivity index (χ0n) is 9.89. The second kappa shape index (κ2) is 4.47. The number of fused-ring (bicyclic) bond motifs is 1. The van der Waals surface area contributed by atoms with Crippen molar-refractivity contribution in [2.75, 3.05) is 33.0 Å². The van der Waals surface area contributed by atoms with E-state index in [1.165, 1.54) is 22.2 Å². The van der Waals surface area contributed by atoms with E-state index in [4.69, 9.17) is 4.74 Å². The number of imide groups is 1. The molecule has 0 unspecified atom stereocenters. The molecule has 1 aromatic heterocycles. The van der Waals surface area contributed by atoms with Crippen LogP contribution in [0.1, 0.15) is 20.7 Å². The summed E-state index contributed by atoms with van der Waals surface area (Å²) < 4.78 is 5.26. The number of quaternary nitrogens is 1. The fourth-order valence-corrected chi connectivity index (χ4v) is 2.32. The van der Waals surface area contributed by atoms with Crippen molar-refractivity contribution in [2.45, 2.75) is 0 Å². The molecule has 0 spiro atoms. The predicted molar refractivity (Wildman–Crippen MR) is 61.1 cm³/mol. The number of pyridine rings is 1. The standard InChI is InChI=1S/C12H13N3O3/c16-11-9-1-2-13-7-10(9)12(17)15(11)8-14-3-5-18-6-4-14/h1-2,7H,3-6,8H2/p+1. The molecule has 1 N–H and O–H groups in total. The number of morpholine rings is 1. The maximum absolute atomic E-state index is 12.1. The minimum atomic E-state index is -0.234. The third kappa shape index (κ3) is 1.79. The Labute approximate surface area is 104 Å². The Morgan fingerprint density at radius 3 is 2.67 bits per heavy atom. The molecular weight excluding hydrogens is 234 g/mol. The molecule has 0 aromatic carbocycles. The molecule has 2 amide bonds. The van der Waals surface area contributed by atoms with Crippen molar-refractivity contribution in [3.05, 3.63) is 29.6 Å². The van der Waals surface area contributed by atoms with Gasteiger partial charge in [-0.1, -0.05) is 0 Å². The fraction of sp³-hybridized carbons (Fsp3) is 0.417. The lowest BCUT2D eigenvalue weighted by molar-refractivity contribution is -0.915. The predicted octanol–water partition coefficient (Wildman–Crippen LogP) is -1.45. The number of rotatable bonds is 2. The van der Waals surface area contributed by atoms with Gasteiger partial charge in [-0.15, -0.1) is 0 Å². The second-order valence-corrected chi connectivity index (χ2v) is 4.48. The van der Waals surface area contributed by atoms with Gasteiger partial charge in [-0.2, -0.15) is 0 Å². The molecule has 1 saturated heterocycles. The number of hydrogen-bond donors (Lipinski definition) is 1. The minimum Gasteiger partial charge on any atom is -0.370 e. The summed E-state index contributed by atoms with van der Waals surface area (Å²) in [7, 11) is 0. The maximum atomic E-state index is 12.1. The number of amides is 2. The smallest absolute Gasteiger partial charge is 0.267 e. The first-order valence-electron chi connectivity index (χ1n) is 5.99. The van der Waals surface area contributed by atoms with Gasteiger partial charge in [-0.25, -0.2) is 4.90 Å². The van der Waals surface area contributed by atoms with Gasteiger partial charge in [0.2, 0.25) is 0 Å². The zero-order chi connectivity index (χ0) is 12.5.